The quantitative estimate of drug-likeness (QED) is 0.173. The Balaban J connectivity index is 0.926. The highest BCUT2D eigenvalue weighted by Crippen LogP contribution is 2.49. The fraction of sp³-hybridized carbons (Fsp3) is 0. The van der Waals surface area contributed by atoms with Crippen LogP contribution in [0.2, 0.25) is 0 Å². The number of hydrogen-bond donors (Lipinski definition) is 0. The van der Waals surface area contributed by atoms with Crippen LogP contribution in [0.3, 0.4) is 0 Å². The number of aromatic nitrogens is 5. The first kappa shape index (κ1) is 38.7. The first-order valence-corrected chi connectivity index (χ1v) is 25.5. The van der Waals surface area contributed by atoms with Crippen molar-refractivity contribution in [3.8, 4) is 33.6 Å². The number of hydrogen-bond acceptors (Lipinski definition) is 1. The molecule has 0 unspecified atom stereocenters. The Morgan fingerprint density at radius 2 is 0.770 bits per heavy atom. The van der Waals surface area contributed by atoms with Gasteiger partial charge in [0, 0.05) is 81.8 Å². The van der Waals surface area contributed by atoms with E-state index in [1.807, 2.05) is 0 Å². The van der Waals surface area contributed by atoms with E-state index in [2.05, 4.69) is 255 Å². The van der Waals surface area contributed by atoms with Crippen molar-refractivity contribution >= 4 is 131 Å². The molecule has 0 spiro atoms. The zero-order chi connectivity index (χ0) is 47.9. The summed E-state index contributed by atoms with van der Waals surface area (Å²) in [6, 6.07) is 87.5. The Morgan fingerprint density at radius 1 is 0.270 bits per heavy atom. The summed E-state index contributed by atoms with van der Waals surface area (Å²) in [6.45, 7) is 0. The first-order valence-electron chi connectivity index (χ1n) is 25.5. The first-order chi connectivity index (χ1) is 36.7. The summed E-state index contributed by atoms with van der Waals surface area (Å²) in [5.74, 6) is 0. The lowest BCUT2D eigenvalue weighted by Crippen LogP contribution is -1.93. The molecule has 5 heteroatoms. The lowest BCUT2D eigenvalue weighted by molar-refractivity contribution is 1.18. The lowest BCUT2D eigenvalue weighted by Gasteiger charge is -2.12. The van der Waals surface area contributed by atoms with Crippen LogP contribution in [0.15, 0.2) is 237 Å². The van der Waals surface area contributed by atoms with Gasteiger partial charge in [0.25, 0.3) is 0 Å². The smallest absolute Gasteiger partial charge is 0.146 e. The average Bonchev–Trinajstić information content (AvgIpc) is 4.30. The number of benzene rings is 11. The number of rotatable bonds is 4. The summed E-state index contributed by atoms with van der Waals surface area (Å²) in [5.41, 5.74) is 19.9. The number of nitrogens with zero attached hydrogens (tertiary/aromatic N) is 5. The summed E-state index contributed by atoms with van der Waals surface area (Å²) < 4.78 is 9.83. The number of pyridine rings is 1. The van der Waals surface area contributed by atoms with E-state index >= 15 is 0 Å². The van der Waals surface area contributed by atoms with Gasteiger partial charge in [-0.25, -0.2) is 4.98 Å². The second-order valence-electron chi connectivity index (χ2n) is 20.2. The van der Waals surface area contributed by atoms with E-state index in [1.165, 1.54) is 126 Å². The SMILES string of the molecule is c1ccc(-n2c3ccccc3c3cc(-c4c5ccccc5cc5c6cccc7c8nc9c(cc8n(c45)c67)c4cccc5c6cccc(-c7ccc8c(c7)c7ccccc7n8-c7ccccc7)c6n9c45)ccc32)cc1. The predicted octanol–water partition coefficient (Wildman–Crippen LogP) is 18.1. The van der Waals surface area contributed by atoms with Crippen LogP contribution < -0.4 is 0 Å². The van der Waals surface area contributed by atoms with Gasteiger partial charge in [-0.2, -0.15) is 0 Å². The Bertz CT molecular complexity index is 5420. The Hall–Kier alpha value is -9.97. The molecule has 0 bridgehead atoms. The normalized spacial score (nSPS) is 12.6. The summed E-state index contributed by atoms with van der Waals surface area (Å²) in [7, 11) is 0. The van der Waals surface area contributed by atoms with Crippen LogP contribution in [0.5, 0.6) is 0 Å². The molecule has 7 aromatic heterocycles. The molecule has 0 amide bonds. The summed E-state index contributed by atoms with van der Waals surface area (Å²) in [6.07, 6.45) is 0. The fourth-order valence-corrected chi connectivity index (χ4v) is 13.6. The van der Waals surface area contributed by atoms with Crippen molar-refractivity contribution in [3.63, 3.8) is 0 Å². The molecule has 0 aliphatic rings. The molecule has 74 heavy (non-hydrogen) atoms. The maximum absolute atomic E-state index is 5.88. The number of fused-ring (bicyclic) bond motifs is 19. The van der Waals surface area contributed by atoms with Crippen LogP contribution in [0.1, 0.15) is 0 Å². The minimum atomic E-state index is 0.983. The van der Waals surface area contributed by atoms with Crippen molar-refractivity contribution in [2.45, 2.75) is 0 Å². The van der Waals surface area contributed by atoms with E-state index in [-0.39, 0.29) is 0 Å². The molecular formula is C69H39N5. The zero-order valence-electron chi connectivity index (χ0n) is 39.8. The third kappa shape index (κ3) is 4.82. The Morgan fingerprint density at radius 3 is 1.46 bits per heavy atom. The molecule has 0 fully saturated rings. The molecule has 18 aromatic rings. The molecule has 11 aromatic carbocycles. The lowest BCUT2D eigenvalue weighted by atomic mass is 9.93. The van der Waals surface area contributed by atoms with Gasteiger partial charge in [-0.1, -0.05) is 164 Å². The summed E-state index contributed by atoms with van der Waals surface area (Å²) >= 11 is 0. The molecule has 0 radical (unpaired) electrons. The third-order valence-electron chi connectivity index (χ3n) is 16.6. The highest BCUT2D eigenvalue weighted by atomic mass is 15.0. The predicted molar refractivity (Wildman–Crippen MR) is 311 cm³/mol. The number of para-hydroxylation sites is 7. The molecule has 0 atom stereocenters. The van der Waals surface area contributed by atoms with E-state index in [1.54, 1.807) is 0 Å². The van der Waals surface area contributed by atoms with E-state index < -0.39 is 0 Å². The molecule has 0 saturated heterocycles. The molecule has 18 rings (SSSR count). The van der Waals surface area contributed by atoms with Crippen LogP contribution >= 0.6 is 0 Å². The van der Waals surface area contributed by atoms with Crippen molar-refractivity contribution in [2.75, 3.05) is 0 Å². The van der Waals surface area contributed by atoms with E-state index in [0.717, 1.165) is 38.8 Å². The van der Waals surface area contributed by atoms with Crippen LogP contribution in [0, 0.1) is 0 Å². The maximum atomic E-state index is 5.88. The summed E-state index contributed by atoms with van der Waals surface area (Å²) in [5, 5.41) is 15.9. The highest BCUT2D eigenvalue weighted by molar-refractivity contribution is 6.31. The molecule has 340 valence electrons. The minimum Gasteiger partial charge on any atom is -0.309 e. The maximum Gasteiger partial charge on any atom is 0.146 e. The molecule has 0 N–H and O–H groups in total. The zero-order valence-corrected chi connectivity index (χ0v) is 39.8. The Labute approximate surface area is 421 Å². The second-order valence-corrected chi connectivity index (χ2v) is 20.2. The van der Waals surface area contributed by atoms with Gasteiger partial charge in [0.1, 0.15) is 5.65 Å². The molecule has 5 nitrogen and oxygen atoms in total. The van der Waals surface area contributed by atoms with Crippen molar-refractivity contribution in [1.29, 1.82) is 0 Å². The standard InChI is InChI=1S/C69H39N5/c1-3-17-43(18-4-1)71-58-30-11-9-22-47(58)54-36-41(32-34-60(54)71)46-24-13-25-49-50-26-14-28-52-57-39-62-64(70-69(57)74(65(46)49)66(50)52)53-29-15-27-51-56-37-40-16-7-8-21-45(40)63(68(56)73(62)67(51)53)42-33-35-61-55(38-42)48-23-10-12-31-59(48)72(61)44-19-5-2-6-20-44/h1-39H. The van der Waals surface area contributed by atoms with Gasteiger partial charge in [-0.3, -0.25) is 4.40 Å². The largest absolute Gasteiger partial charge is 0.309 e. The van der Waals surface area contributed by atoms with Crippen LogP contribution in [-0.4, -0.2) is 22.9 Å². The average molecular weight is 938 g/mol. The van der Waals surface area contributed by atoms with E-state index in [0.29, 0.717) is 0 Å². The van der Waals surface area contributed by atoms with Gasteiger partial charge in [-0.15, -0.1) is 0 Å². The van der Waals surface area contributed by atoms with Gasteiger partial charge in [-0.05, 0) is 94.7 Å². The monoisotopic (exact) mass is 937 g/mol. The fourth-order valence-electron chi connectivity index (χ4n) is 13.6. The van der Waals surface area contributed by atoms with Gasteiger partial charge in [0.05, 0.1) is 55.2 Å². The van der Waals surface area contributed by atoms with Gasteiger partial charge in [0.15, 0.2) is 0 Å². The van der Waals surface area contributed by atoms with Crippen LogP contribution in [0.4, 0.5) is 0 Å². The van der Waals surface area contributed by atoms with Crippen molar-refractivity contribution in [1.82, 2.24) is 22.9 Å². The second kappa shape index (κ2) is 13.9. The molecule has 0 aliphatic heterocycles. The molecular weight excluding hydrogens is 899 g/mol. The van der Waals surface area contributed by atoms with E-state index in [9.17, 15) is 0 Å². The third-order valence-corrected chi connectivity index (χ3v) is 16.6. The topological polar surface area (TPSA) is 31.6 Å². The van der Waals surface area contributed by atoms with Gasteiger partial charge < -0.3 is 13.5 Å². The van der Waals surface area contributed by atoms with Crippen molar-refractivity contribution in [3.05, 3.63) is 237 Å². The highest BCUT2D eigenvalue weighted by Gasteiger charge is 2.27. The molecule has 0 aliphatic carbocycles. The van der Waals surface area contributed by atoms with Gasteiger partial charge >= 0.3 is 0 Å². The van der Waals surface area contributed by atoms with Crippen molar-refractivity contribution in [2.24, 2.45) is 0 Å². The van der Waals surface area contributed by atoms with E-state index in [4.69, 9.17) is 4.98 Å². The van der Waals surface area contributed by atoms with Crippen LogP contribution in [0.25, 0.3) is 164 Å². The molecule has 0 saturated carbocycles. The van der Waals surface area contributed by atoms with Crippen molar-refractivity contribution < 1.29 is 0 Å². The summed E-state index contributed by atoms with van der Waals surface area (Å²) in [4.78, 5) is 5.88. The van der Waals surface area contributed by atoms with Gasteiger partial charge in [0.2, 0.25) is 0 Å². The Kier molecular flexibility index (Phi) is 7.28. The molecule has 7 heterocycles. The van der Waals surface area contributed by atoms with Crippen LogP contribution in [-0.2, 0) is 0 Å². The minimum absolute atomic E-state index is 0.983.